The highest BCUT2D eigenvalue weighted by Gasteiger charge is 1.98. The third-order valence-corrected chi connectivity index (χ3v) is 1.29. The lowest BCUT2D eigenvalue weighted by molar-refractivity contribution is -0.137. The monoisotopic (exact) mass is 185 g/mol. The standard InChI is InChI=1S/C9H15NO3/c1-7(2)6-8(11)10-5-3-4-9(12)13/h6H,3-5H2,1-2H3,(H,10,11)(H,12,13). The normalized spacial score (nSPS) is 9.08. The van der Waals surface area contributed by atoms with Gasteiger partial charge in [-0.2, -0.15) is 0 Å². The van der Waals surface area contributed by atoms with Gasteiger partial charge in [0.15, 0.2) is 0 Å². The van der Waals surface area contributed by atoms with Crippen molar-refractivity contribution < 1.29 is 14.7 Å². The molecule has 2 N–H and O–H groups in total. The highest BCUT2D eigenvalue weighted by atomic mass is 16.4. The van der Waals surface area contributed by atoms with Crippen LogP contribution in [-0.4, -0.2) is 23.5 Å². The van der Waals surface area contributed by atoms with Crippen molar-refractivity contribution in [1.29, 1.82) is 0 Å². The highest BCUT2D eigenvalue weighted by molar-refractivity contribution is 5.87. The van der Waals surface area contributed by atoms with Gasteiger partial charge in [-0.05, 0) is 20.3 Å². The van der Waals surface area contributed by atoms with Gasteiger partial charge in [-0.1, -0.05) is 5.57 Å². The average Bonchev–Trinajstić information content (AvgIpc) is 1.96. The quantitative estimate of drug-likeness (QED) is 0.494. The number of carbonyl (C=O) groups is 2. The second kappa shape index (κ2) is 6.22. The van der Waals surface area contributed by atoms with Crippen LogP contribution in [0.5, 0.6) is 0 Å². The lowest BCUT2D eigenvalue weighted by atomic mass is 10.3. The summed E-state index contributed by atoms with van der Waals surface area (Å²) in [6, 6.07) is 0. The maximum absolute atomic E-state index is 11.0. The lowest BCUT2D eigenvalue weighted by Crippen LogP contribution is -2.22. The summed E-state index contributed by atoms with van der Waals surface area (Å²) >= 11 is 0. The van der Waals surface area contributed by atoms with Crippen LogP contribution in [0.1, 0.15) is 26.7 Å². The molecule has 0 aliphatic rings. The Morgan fingerprint density at radius 2 is 2.00 bits per heavy atom. The van der Waals surface area contributed by atoms with Crippen molar-refractivity contribution in [3.8, 4) is 0 Å². The Labute approximate surface area is 77.6 Å². The van der Waals surface area contributed by atoms with Gasteiger partial charge in [-0.25, -0.2) is 0 Å². The molecule has 0 bridgehead atoms. The van der Waals surface area contributed by atoms with Crippen LogP contribution in [0.25, 0.3) is 0 Å². The number of nitrogens with one attached hydrogen (secondary N) is 1. The summed E-state index contributed by atoms with van der Waals surface area (Å²) in [4.78, 5) is 21.1. The van der Waals surface area contributed by atoms with Crippen molar-refractivity contribution in [2.24, 2.45) is 0 Å². The minimum absolute atomic E-state index is 0.0924. The summed E-state index contributed by atoms with van der Waals surface area (Å²) in [5.74, 6) is -0.998. The molecule has 0 saturated carbocycles. The zero-order valence-electron chi connectivity index (χ0n) is 7.96. The van der Waals surface area contributed by atoms with Crippen LogP contribution in [0.4, 0.5) is 0 Å². The average molecular weight is 185 g/mol. The summed E-state index contributed by atoms with van der Waals surface area (Å²) < 4.78 is 0. The van der Waals surface area contributed by atoms with Crippen molar-refractivity contribution in [2.45, 2.75) is 26.7 Å². The molecule has 0 heterocycles. The summed E-state index contributed by atoms with van der Waals surface area (Å²) in [7, 11) is 0. The van der Waals surface area contributed by atoms with Gasteiger partial charge in [-0.15, -0.1) is 0 Å². The zero-order chi connectivity index (χ0) is 10.3. The Bertz CT molecular complexity index is 217. The van der Waals surface area contributed by atoms with E-state index in [0.29, 0.717) is 13.0 Å². The summed E-state index contributed by atoms with van der Waals surface area (Å²) in [6.07, 6.45) is 2.05. The van der Waals surface area contributed by atoms with Crippen molar-refractivity contribution in [1.82, 2.24) is 5.32 Å². The van der Waals surface area contributed by atoms with Crippen molar-refractivity contribution >= 4 is 11.9 Å². The second-order valence-corrected chi connectivity index (χ2v) is 3.01. The van der Waals surface area contributed by atoms with E-state index < -0.39 is 5.97 Å². The fourth-order valence-corrected chi connectivity index (χ4v) is 0.764. The number of allylic oxidation sites excluding steroid dienone is 1. The third-order valence-electron chi connectivity index (χ3n) is 1.29. The van der Waals surface area contributed by atoms with Gasteiger partial charge in [0.05, 0.1) is 0 Å². The highest BCUT2D eigenvalue weighted by Crippen LogP contribution is 1.89. The minimum Gasteiger partial charge on any atom is -0.481 e. The van der Waals surface area contributed by atoms with E-state index in [0.717, 1.165) is 5.57 Å². The van der Waals surface area contributed by atoms with E-state index in [1.807, 2.05) is 13.8 Å². The molecule has 0 unspecified atom stereocenters. The van der Waals surface area contributed by atoms with E-state index in [1.165, 1.54) is 6.08 Å². The first-order valence-corrected chi connectivity index (χ1v) is 4.17. The number of carbonyl (C=O) groups excluding carboxylic acids is 1. The molecule has 0 rings (SSSR count). The van der Waals surface area contributed by atoms with E-state index in [-0.39, 0.29) is 12.3 Å². The molecule has 0 aliphatic heterocycles. The molecular weight excluding hydrogens is 170 g/mol. The molecule has 0 aromatic rings. The van der Waals surface area contributed by atoms with Crippen LogP contribution in [-0.2, 0) is 9.59 Å². The third kappa shape index (κ3) is 8.59. The SMILES string of the molecule is CC(C)=CC(=O)NCCCC(=O)O. The lowest BCUT2D eigenvalue weighted by Gasteiger charge is -1.99. The minimum atomic E-state index is -0.837. The molecular formula is C9H15NO3. The van der Waals surface area contributed by atoms with Gasteiger partial charge in [0.1, 0.15) is 0 Å². The zero-order valence-corrected chi connectivity index (χ0v) is 7.96. The molecule has 4 nitrogen and oxygen atoms in total. The van der Waals surface area contributed by atoms with Crippen LogP contribution >= 0.6 is 0 Å². The predicted octanol–water partition coefficient (Wildman–Crippen LogP) is 0.934. The number of rotatable bonds is 5. The Morgan fingerprint density at radius 3 is 2.46 bits per heavy atom. The molecule has 0 aliphatic carbocycles. The Hall–Kier alpha value is -1.32. The number of carboxylic acid groups (broad SMARTS) is 1. The summed E-state index contributed by atoms with van der Waals surface area (Å²) in [5, 5.41) is 10.9. The van der Waals surface area contributed by atoms with Crippen LogP contribution in [0.3, 0.4) is 0 Å². The van der Waals surface area contributed by atoms with Gasteiger partial charge in [0.2, 0.25) is 5.91 Å². The van der Waals surface area contributed by atoms with Crippen molar-refractivity contribution in [3.05, 3.63) is 11.6 Å². The fourth-order valence-electron chi connectivity index (χ4n) is 0.764. The first kappa shape index (κ1) is 11.7. The number of hydrogen-bond acceptors (Lipinski definition) is 2. The first-order chi connectivity index (χ1) is 6.02. The predicted molar refractivity (Wildman–Crippen MR) is 49.3 cm³/mol. The van der Waals surface area contributed by atoms with E-state index >= 15 is 0 Å². The van der Waals surface area contributed by atoms with Crippen molar-refractivity contribution in [2.75, 3.05) is 6.54 Å². The molecule has 74 valence electrons. The van der Waals surface area contributed by atoms with E-state index in [4.69, 9.17) is 5.11 Å². The van der Waals surface area contributed by atoms with Crippen molar-refractivity contribution in [3.63, 3.8) is 0 Å². The second-order valence-electron chi connectivity index (χ2n) is 3.01. The van der Waals surface area contributed by atoms with Gasteiger partial charge in [0, 0.05) is 19.0 Å². The summed E-state index contributed by atoms with van der Waals surface area (Å²) in [6.45, 7) is 4.07. The van der Waals surface area contributed by atoms with Gasteiger partial charge in [0.25, 0.3) is 0 Å². The van der Waals surface area contributed by atoms with Gasteiger partial charge < -0.3 is 10.4 Å². The molecule has 0 aromatic carbocycles. The van der Waals surface area contributed by atoms with Crippen LogP contribution < -0.4 is 5.32 Å². The topological polar surface area (TPSA) is 66.4 Å². The largest absolute Gasteiger partial charge is 0.481 e. The molecule has 0 fully saturated rings. The molecule has 0 spiro atoms. The van der Waals surface area contributed by atoms with E-state index in [9.17, 15) is 9.59 Å². The summed E-state index contributed by atoms with van der Waals surface area (Å²) in [5.41, 5.74) is 0.927. The Kier molecular flexibility index (Phi) is 5.59. The molecule has 0 radical (unpaired) electrons. The van der Waals surface area contributed by atoms with E-state index in [2.05, 4.69) is 5.32 Å². The fraction of sp³-hybridized carbons (Fsp3) is 0.556. The number of aliphatic carboxylic acids is 1. The molecule has 13 heavy (non-hydrogen) atoms. The maximum Gasteiger partial charge on any atom is 0.303 e. The Balaban J connectivity index is 3.49. The van der Waals surface area contributed by atoms with Crippen LogP contribution in [0.2, 0.25) is 0 Å². The number of hydrogen-bond donors (Lipinski definition) is 2. The number of amides is 1. The molecule has 0 atom stereocenters. The first-order valence-electron chi connectivity index (χ1n) is 4.17. The van der Waals surface area contributed by atoms with Gasteiger partial charge >= 0.3 is 5.97 Å². The molecule has 0 aromatic heterocycles. The molecule has 4 heteroatoms. The van der Waals surface area contributed by atoms with Crippen LogP contribution in [0.15, 0.2) is 11.6 Å². The van der Waals surface area contributed by atoms with E-state index in [1.54, 1.807) is 0 Å². The molecule has 1 amide bonds. The smallest absolute Gasteiger partial charge is 0.303 e. The van der Waals surface area contributed by atoms with Gasteiger partial charge in [-0.3, -0.25) is 9.59 Å². The maximum atomic E-state index is 11.0. The van der Waals surface area contributed by atoms with Crippen LogP contribution in [0, 0.1) is 0 Å². The molecule has 0 saturated heterocycles. The number of carboxylic acids is 1. The Morgan fingerprint density at radius 1 is 1.38 bits per heavy atom.